The van der Waals surface area contributed by atoms with Crippen LogP contribution in [0, 0.1) is 0 Å². The van der Waals surface area contributed by atoms with Crippen LogP contribution in [0.4, 0.5) is 11.4 Å². The van der Waals surface area contributed by atoms with Crippen molar-refractivity contribution in [1.29, 1.82) is 0 Å². The molecule has 1 heteroatoms. The van der Waals surface area contributed by atoms with Gasteiger partial charge in [0.15, 0.2) is 0 Å². The van der Waals surface area contributed by atoms with Gasteiger partial charge in [-0.3, -0.25) is 0 Å². The van der Waals surface area contributed by atoms with Crippen molar-refractivity contribution in [3.63, 3.8) is 0 Å². The number of hydrogen-bond donors (Lipinski definition) is 0. The highest BCUT2D eigenvalue weighted by molar-refractivity contribution is 5.99. The molecule has 1 aliphatic rings. The molecule has 0 radical (unpaired) electrons. The molecule has 0 fully saturated rings. The van der Waals surface area contributed by atoms with E-state index in [9.17, 15) is 0 Å². The van der Waals surface area contributed by atoms with Crippen molar-refractivity contribution in [2.75, 3.05) is 11.9 Å². The van der Waals surface area contributed by atoms with E-state index in [4.69, 9.17) is 0 Å². The Morgan fingerprint density at radius 1 is 0.760 bits per heavy atom. The molecular formula is C24H25N. The molecule has 3 aromatic carbocycles. The Morgan fingerprint density at radius 3 is 2.04 bits per heavy atom. The second kappa shape index (κ2) is 6.40. The van der Waals surface area contributed by atoms with Gasteiger partial charge in [-0.15, -0.1) is 0 Å². The summed E-state index contributed by atoms with van der Waals surface area (Å²) in [6.45, 7) is 4.60. The first-order valence-corrected chi connectivity index (χ1v) is 9.27. The zero-order chi connectivity index (χ0) is 17.4. The quantitative estimate of drug-likeness (QED) is 0.500. The SMILES string of the molecule is CCCC(C)c1ccc2c(c1)N(C)c1ccccc1-c1ccccc1-2. The van der Waals surface area contributed by atoms with Crippen LogP contribution in [0.2, 0.25) is 0 Å². The van der Waals surface area contributed by atoms with Gasteiger partial charge < -0.3 is 4.90 Å². The summed E-state index contributed by atoms with van der Waals surface area (Å²) in [4.78, 5) is 2.35. The maximum atomic E-state index is 2.40. The topological polar surface area (TPSA) is 3.24 Å². The zero-order valence-electron chi connectivity index (χ0n) is 15.3. The molecule has 25 heavy (non-hydrogen) atoms. The molecular weight excluding hydrogens is 302 g/mol. The minimum absolute atomic E-state index is 0.595. The highest BCUT2D eigenvalue weighted by Gasteiger charge is 2.22. The largest absolute Gasteiger partial charge is 0.344 e. The van der Waals surface area contributed by atoms with Crippen molar-refractivity contribution in [3.8, 4) is 22.3 Å². The fraction of sp³-hybridized carbons (Fsp3) is 0.250. The third-order valence-electron chi connectivity index (χ3n) is 5.45. The van der Waals surface area contributed by atoms with Crippen LogP contribution in [0.1, 0.15) is 38.2 Å². The summed E-state index contributed by atoms with van der Waals surface area (Å²) in [5.41, 5.74) is 9.28. The predicted octanol–water partition coefficient (Wildman–Crippen LogP) is 7.01. The summed E-state index contributed by atoms with van der Waals surface area (Å²) in [5.74, 6) is 0.595. The molecule has 0 N–H and O–H groups in total. The van der Waals surface area contributed by atoms with E-state index in [-0.39, 0.29) is 0 Å². The Labute approximate surface area is 150 Å². The van der Waals surface area contributed by atoms with Crippen molar-refractivity contribution >= 4 is 11.4 Å². The average Bonchev–Trinajstić information content (AvgIpc) is 2.76. The predicted molar refractivity (Wildman–Crippen MR) is 109 cm³/mol. The first kappa shape index (κ1) is 16.0. The summed E-state index contributed by atoms with van der Waals surface area (Å²) in [6, 6.07) is 24.5. The lowest BCUT2D eigenvalue weighted by Gasteiger charge is -2.23. The number of benzene rings is 3. The zero-order valence-corrected chi connectivity index (χ0v) is 15.3. The van der Waals surface area contributed by atoms with Gasteiger partial charge in [-0.2, -0.15) is 0 Å². The molecule has 0 saturated carbocycles. The molecule has 126 valence electrons. The van der Waals surface area contributed by atoms with Gasteiger partial charge in [0.1, 0.15) is 0 Å². The molecule has 1 nitrogen and oxygen atoms in total. The van der Waals surface area contributed by atoms with Crippen LogP contribution in [0.25, 0.3) is 22.3 Å². The second-order valence-corrected chi connectivity index (χ2v) is 7.09. The fourth-order valence-electron chi connectivity index (χ4n) is 4.04. The van der Waals surface area contributed by atoms with E-state index in [1.54, 1.807) is 0 Å². The lowest BCUT2D eigenvalue weighted by atomic mass is 9.91. The van der Waals surface area contributed by atoms with Gasteiger partial charge in [0, 0.05) is 29.5 Å². The Balaban J connectivity index is 1.97. The molecule has 0 spiro atoms. The van der Waals surface area contributed by atoms with Crippen molar-refractivity contribution in [1.82, 2.24) is 0 Å². The number of fused-ring (bicyclic) bond motifs is 5. The number of para-hydroxylation sites is 1. The molecule has 0 amide bonds. The van der Waals surface area contributed by atoms with Crippen LogP contribution >= 0.6 is 0 Å². The summed E-state index contributed by atoms with van der Waals surface area (Å²) in [6.07, 6.45) is 2.45. The average molecular weight is 327 g/mol. The van der Waals surface area contributed by atoms with E-state index in [1.807, 2.05) is 0 Å². The minimum Gasteiger partial charge on any atom is -0.344 e. The molecule has 0 aromatic heterocycles. The van der Waals surface area contributed by atoms with Crippen molar-refractivity contribution in [3.05, 3.63) is 72.3 Å². The summed E-state index contributed by atoms with van der Waals surface area (Å²) in [7, 11) is 2.19. The van der Waals surface area contributed by atoms with Gasteiger partial charge in [-0.25, -0.2) is 0 Å². The fourth-order valence-corrected chi connectivity index (χ4v) is 4.04. The third kappa shape index (κ3) is 2.64. The van der Waals surface area contributed by atoms with Gasteiger partial charge in [0.05, 0.1) is 0 Å². The third-order valence-corrected chi connectivity index (χ3v) is 5.45. The minimum atomic E-state index is 0.595. The lowest BCUT2D eigenvalue weighted by molar-refractivity contribution is 0.665. The molecule has 0 aliphatic carbocycles. The van der Waals surface area contributed by atoms with E-state index in [2.05, 4.69) is 92.5 Å². The second-order valence-electron chi connectivity index (χ2n) is 7.09. The van der Waals surface area contributed by atoms with Gasteiger partial charge >= 0.3 is 0 Å². The number of anilines is 2. The first-order chi connectivity index (χ1) is 12.2. The van der Waals surface area contributed by atoms with E-state index in [0.29, 0.717) is 5.92 Å². The maximum Gasteiger partial charge on any atom is 0.0491 e. The lowest BCUT2D eigenvalue weighted by Crippen LogP contribution is -2.11. The van der Waals surface area contributed by atoms with E-state index < -0.39 is 0 Å². The van der Waals surface area contributed by atoms with Crippen LogP contribution in [0.3, 0.4) is 0 Å². The van der Waals surface area contributed by atoms with Crippen LogP contribution in [0.15, 0.2) is 66.7 Å². The monoisotopic (exact) mass is 327 g/mol. The Bertz CT molecular complexity index is 909. The van der Waals surface area contributed by atoms with Crippen molar-refractivity contribution < 1.29 is 0 Å². The van der Waals surface area contributed by atoms with Crippen LogP contribution in [-0.2, 0) is 0 Å². The molecule has 1 heterocycles. The Hall–Kier alpha value is -2.54. The molecule has 1 unspecified atom stereocenters. The number of hydrogen-bond acceptors (Lipinski definition) is 1. The van der Waals surface area contributed by atoms with E-state index in [1.165, 1.54) is 52.0 Å². The van der Waals surface area contributed by atoms with Crippen LogP contribution < -0.4 is 4.90 Å². The summed E-state index contributed by atoms with van der Waals surface area (Å²) < 4.78 is 0. The first-order valence-electron chi connectivity index (χ1n) is 9.27. The molecule has 1 atom stereocenters. The molecule has 0 saturated heterocycles. The highest BCUT2D eigenvalue weighted by Crippen LogP contribution is 2.47. The van der Waals surface area contributed by atoms with E-state index in [0.717, 1.165) is 0 Å². The Morgan fingerprint density at radius 2 is 1.36 bits per heavy atom. The standard InChI is InChI=1S/C24H25N/c1-4-9-17(2)18-14-15-22-20-11-6-5-10-19(20)21-12-7-8-13-23(21)25(3)24(22)16-18/h5-8,10-17H,4,9H2,1-3H3. The molecule has 3 aromatic rings. The molecule has 1 aliphatic heterocycles. The van der Waals surface area contributed by atoms with Gasteiger partial charge in [-0.1, -0.05) is 74.9 Å². The smallest absolute Gasteiger partial charge is 0.0491 e. The normalized spacial score (nSPS) is 13.5. The van der Waals surface area contributed by atoms with Crippen LogP contribution in [0.5, 0.6) is 0 Å². The van der Waals surface area contributed by atoms with Gasteiger partial charge in [-0.05, 0) is 41.2 Å². The van der Waals surface area contributed by atoms with Crippen LogP contribution in [-0.4, -0.2) is 7.05 Å². The van der Waals surface area contributed by atoms with Gasteiger partial charge in [0.25, 0.3) is 0 Å². The van der Waals surface area contributed by atoms with Gasteiger partial charge in [0.2, 0.25) is 0 Å². The Kier molecular flexibility index (Phi) is 4.09. The number of rotatable bonds is 3. The maximum absolute atomic E-state index is 2.40. The van der Waals surface area contributed by atoms with Crippen molar-refractivity contribution in [2.45, 2.75) is 32.6 Å². The molecule has 4 rings (SSSR count). The summed E-state index contributed by atoms with van der Waals surface area (Å²) in [5, 5.41) is 0. The molecule has 0 bridgehead atoms. The highest BCUT2D eigenvalue weighted by atomic mass is 15.1. The number of nitrogens with zero attached hydrogens (tertiary/aromatic N) is 1. The van der Waals surface area contributed by atoms with E-state index >= 15 is 0 Å². The van der Waals surface area contributed by atoms with Crippen molar-refractivity contribution in [2.24, 2.45) is 0 Å². The summed E-state index contributed by atoms with van der Waals surface area (Å²) >= 11 is 0.